The molecular weight excluding hydrogens is 659 g/mol. The lowest BCUT2D eigenvalue weighted by Crippen LogP contribution is -2.50. The Morgan fingerprint density at radius 2 is 1.75 bits per heavy atom. The van der Waals surface area contributed by atoms with Gasteiger partial charge in [-0.25, -0.2) is 28.3 Å². The number of nitrogens with zero attached hydrogens (tertiary/aromatic N) is 6. The molecule has 0 saturated carbocycles. The Morgan fingerprint density at radius 1 is 1.00 bits per heavy atom. The first-order valence-corrected chi connectivity index (χ1v) is 15.2. The number of carbonyl (C=O) groups excluding carboxylic acids is 1. The third kappa shape index (κ3) is 5.84. The SMILES string of the molecule is CC(=O)c1ccc(-n2c(=O)n3n(c2=O)C2C(=CC3)C(C)(C)Oc3cc(C4CN(Cc5ccccn5)CCN4C(=O)O)ccc32)cc1.Cl.Cl. The molecule has 1 amide bonds. The Kier molecular flexibility index (Phi) is 9.46. The quantitative estimate of drug-likeness (QED) is 0.239. The average molecular weight is 696 g/mol. The van der Waals surface area contributed by atoms with E-state index in [0.29, 0.717) is 48.7 Å². The van der Waals surface area contributed by atoms with Crippen LogP contribution in [-0.2, 0) is 13.1 Å². The van der Waals surface area contributed by atoms with Crippen LogP contribution in [0.2, 0.25) is 0 Å². The van der Waals surface area contributed by atoms with Crippen molar-refractivity contribution >= 4 is 36.7 Å². The fraction of sp³-hybridized carbons (Fsp3) is 0.324. The molecule has 7 rings (SSSR count). The summed E-state index contributed by atoms with van der Waals surface area (Å²) in [6, 6.07) is 16.8. The third-order valence-corrected chi connectivity index (χ3v) is 9.21. The Bertz CT molecular complexity index is 2020. The number of amides is 1. The van der Waals surface area contributed by atoms with Crippen LogP contribution in [0.5, 0.6) is 5.75 Å². The molecule has 5 heterocycles. The van der Waals surface area contributed by atoms with Gasteiger partial charge in [0, 0.05) is 43.5 Å². The van der Waals surface area contributed by atoms with E-state index in [1.165, 1.54) is 21.2 Å². The zero-order valence-electron chi connectivity index (χ0n) is 26.6. The molecule has 252 valence electrons. The van der Waals surface area contributed by atoms with E-state index < -0.39 is 35.2 Å². The summed E-state index contributed by atoms with van der Waals surface area (Å²) in [6.45, 7) is 7.51. The molecule has 3 aliphatic heterocycles. The van der Waals surface area contributed by atoms with Gasteiger partial charge >= 0.3 is 17.5 Å². The number of rotatable bonds is 5. The summed E-state index contributed by atoms with van der Waals surface area (Å²) in [6.07, 6.45) is 2.70. The second kappa shape index (κ2) is 13.1. The molecule has 12 nitrogen and oxygen atoms in total. The third-order valence-electron chi connectivity index (χ3n) is 9.21. The van der Waals surface area contributed by atoms with Crippen molar-refractivity contribution in [1.82, 2.24) is 28.7 Å². The van der Waals surface area contributed by atoms with Gasteiger partial charge in [-0.2, -0.15) is 0 Å². The van der Waals surface area contributed by atoms with Crippen LogP contribution in [0.4, 0.5) is 4.79 Å². The number of hydrogen-bond donors (Lipinski definition) is 1. The molecule has 1 saturated heterocycles. The second-order valence-electron chi connectivity index (χ2n) is 12.4. The molecule has 1 fully saturated rings. The number of halogens is 2. The fourth-order valence-corrected chi connectivity index (χ4v) is 6.90. The smallest absolute Gasteiger partial charge is 0.407 e. The lowest BCUT2D eigenvalue weighted by Gasteiger charge is -2.43. The van der Waals surface area contributed by atoms with E-state index in [0.717, 1.165) is 21.4 Å². The van der Waals surface area contributed by atoms with Gasteiger partial charge in [-0.3, -0.25) is 19.6 Å². The highest BCUT2D eigenvalue weighted by atomic mass is 35.5. The van der Waals surface area contributed by atoms with Crippen molar-refractivity contribution in [1.29, 1.82) is 0 Å². The monoisotopic (exact) mass is 694 g/mol. The molecule has 0 bridgehead atoms. The predicted molar refractivity (Wildman–Crippen MR) is 183 cm³/mol. The second-order valence-corrected chi connectivity index (χ2v) is 12.4. The molecule has 2 aromatic heterocycles. The molecule has 2 unspecified atom stereocenters. The first kappa shape index (κ1) is 34.7. The molecule has 48 heavy (non-hydrogen) atoms. The van der Waals surface area contributed by atoms with Gasteiger partial charge < -0.3 is 9.84 Å². The number of piperazine rings is 1. The lowest BCUT2D eigenvalue weighted by atomic mass is 9.82. The van der Waals surface area contributed by atoms with E-state index in [4.69, 9.17) is 4.74 Å². The van der Waals surface area contributed by atoms with E-state index in [1.54, 1.807) is 30.5 Å². The predicted octanol–water partition coefficient (Wildman–Crippen LogP) is 4.48. The maximum absolute atomic E-state index is 14.0. The standard InChI is InChI=1S/C34H34N6O6.2ClH/c1-21(41)22-7-10-25(11-8-22)39-31(42)38-15-13-27-30(40(38)32(39)43)26-12-9-23(18-29(26)46-34(27,2)3)28-20-36(16-17-37(28)33(44)45)19-24-6-4-5-14-35-24;;/h4-14,18,28,30H,15-17,19-20H2,1-3H3,(H,44,45);2*1H. The van der Waals surface area contributed by atoms with Gasteiger partial charge in [0.05, 0.1) is 24.0 Å². The average Bonchev–Trinajstić information content (AvgIpc) is 3.30. The first-order valence-electron chi connectivity index (χ1n) is 15.2. The molecule has 0 spiro atoms. The minimum Gasteiger partial charge on any atom is -0.483 e. The van der Waals surface area contributed by atoms with Crippen LogP contribution in [-0.4, -0.2) is 70.9 Å². The van der Waals surface area contributed by atoms with Gasteiger partial charge in [0.25, 0.3) is 0 Å². The van der Waals surface area contributed by atoms with Gasteiger partial charge in [0.1, 0.15) is 17.4 Å². The number of carboxylic acid groups (broad SMARTS) is 1. The van der Waals surface area contributed by atoms with Gasteiger partial charge in [0.2, 0.25) is 0 Å². The summed E-state index contributed by atoms with van der Waals surface area (Å²) in [7, 11) is 0. The minimum absolute atomic E-state index is 0. The first-order chi connectivity index (χ1) is 22.0. The van der Waals surface area contributed by atoms with Crippen LogP contribution in [0.25, 0.3) is 5.69 Å². The summed E-state index contributed by atoms with van der Waals surface area (Å²) >= 11 is 0. The number of fused-ring (bicyclic) bond motifs is 5. The van der Waals surface area contributed by atoms with E-state index in [-0.39, 0.29) is 37.1 Å². The number of ketones is 1. The molecule has 2 aromatic carbocycles. The molecular formula is C34H36Cl2N6O6. The number of allylic oxidation sites excluding steroid dienone is 1. The summed E-state index contributed by atoms with van der Waals surface area (Å²) in [5.74, 6) is 0.421. The van der Waals surface area contributed by atoms with Crippen molar-refractivity contribution in [2.75, 3.05) is 19.6 Å². The Balaban J connectivity index is 0.00000225. The van der Waals surface area contributed by atoms with Crippen LogP contribution in [0.1, 0.15) is 60.0 Å². The highest BCUT2D eigenvalue weighted by Crippen LogP contribution is 2.47. The number of hydrogen-bond acceptors (Lipinski definition) is 7. The summed E-state index contributed by atoms with van der Waals surface area (Å²) in [5, 5.41) is 10.1. The van der Waals surface area contributed by atoms with Crippen LogP contribution in [0.15, 0.2) is 88.1 Å². The topological polar surface area (TPSA) is 132 Å². The zero-order valence-corrected chi connectivity index (χ0v) is 28.2. The van der Waals surface area contributed by atoms with E-state index in [1.807, 2.05) is 56.3 Å². The van der Waals surface area contributed by atoms with Crippen LogP contribution in [0, 0.1) is 0 Å². The maximum atomic E-state index is 14.0. The Labute approximate surface area is 288 Å². The summed E-state index contributed by atoms with van der Waals surface area (Å²) in [5.41, 5.74) is 2.31. The molecule has 4 aromatic rings. The number of carbonyl (C=O) groups is 2. The van der Waals surface area contributed by atoms with Crippen molar-refractivity contribution in [3.8, 4) is 11.4 Å². The summed E-state index contributed by atoms with van der Waals surface area (Å²) in [4.78, 5) is 59.9. The zero-order chi connectivity index (χ0) is 32.3. The molecule has 0 aliphatic carbocycles. The highest BCUT2D eigenvalue weighted by molar-refractivity contribution is 5.94. The molecule has 14 heteroatoms. The van der Waals surface area contributed by atoms with Crippen LogP contribution in [0.3, 0.4) is 0 Å². The number of benzene rings is 2. The highest BCUT2D eigenvalue weighted by Gasteiger charge is 2.44. The van der Waals surface area contributed by atoms with Gasteiger partial charge in [-0.05, 0) is 74.4 Å². The maximum Gasteiger partial charge on any atom is 0.407 e. The number of Topliss-reactive ketones (excluding diaryl/α,β-unsaturated/α-hetero) is 1. The van der Waals surface area contributed by atoms with Crippen molar-refractivity contribution in [3.05, 3.63) is 122 Å². The van der Waals surface area contributed by atoms with E-state index in [9.17, 15) is 24.3 Å². The molecule has 1 N–H and O–H groups in total. The normalized spacial score (nSPS) is 19.3. The Morgan fingerprint density at radius 3 is 2.42 bits per heavy atom. The lowest BCUT2D eigenvalue weighted by molar-refractivity contribution is 0.0629. The minimum atomic E-state index is -0.993. The Hall–Kier alpha value is -4.65. The molecule has 3 aliphatic rings. The molecule has 0 radical (unpaired) electrons. The van der Waals surface area contributed by atoms with Gasteiger partial charge in [-0.1, -0.05) is 24.3 Å². The van der Waals surface area contributed by atoms with Crippen LogP contribution < -0.4 is 16.1 Å². The van der Waals surface area contributed by atoms with Crippen molar-refractivity contribution in [2.45, 2.75) is 51.5 Å². The summed E-state index contributed by atoms with van der Waals surface area (Å²) < 4.78 is 10.6. The van der Waals surface area contributed by atoms with Crippen molar-refractivity contribution in [3.63, 3.8) is 0 Å². The number of ether oxygens (including phenoxy) is 1. The number of aromatic nitrogens is 4. The molecule has 2 atom stereocenters. The van der Waals surface area contributed by atoms with Gasteiger partial charge in [-0.15, -0.1) is 24.8 Å². The fourth-order valence-electron chi connectivity index (χ4n) is 6.90. The van der Waals surface area contributed by atoms with Gasteiger partial charge in [0.15, 0.2) is 5.78 Å². The van der Waals surface area contributed by atoms with Crippen molar-refractivity contribution < 1.29 is 19.4 Å². The van der Waals surface area contributed by atoms with E-state index >= 15 is 0 Å². The van der Waals surface area contributed by atoms with Crippen LogP contribution >= 0.6 is 24.8 Å². The van der Waals surface area contributed by atoms with Crippen molar-refractivity contribution in [2.24, 2.45) is 0 Å². The van der Waals surface area contributed by atoms with E-state index in [2.05, 4.69) is 9.88 Å². The largest absolute Gasteiger partial charge is 0.483 e. The number of pyridine rings is 1.